The molecule has 0 spiro atoms. The van der Waals surface area contributed by atoms with Crippen LogP contribution in [0.25, 0.3) is 0 Å². The third-order valence-corrected chi connectivity index (χ3v) is 3.84. The molecule has 6 heteroatoms. The number of aromatic nitrogens is 2. The summed E-state index contributed by atoms with van der Waals surface area (Å²) >= 11 is 1.31. The summed E-state index contributed by atoms with van der Waals surface area (Å²) in [4.78, 5) is 0.973. The van der Waals surface area contributed by atoms with Crippen molar-refractivity contribution < 1.29 is 4.39 Å². The summed E-state index contributed by atoms with van der Waals surface area (Å²) in [6, 6.07) is 6.55. The van der Waals surface area contributed by atoms with E-state index in [4.69, 9.17) is 5.84 Å². The number of nitrogens with one attached hydrogen (secondary N) is 1. The van der Waals surface area contributed by atoms with Crippen molar-refractivity contribution in [3.05, 3.63) is 46.2 Å². The minimum atomic E-state index is -0.216. The Labute approximate surface area is 116 Å². The van der Waals surface area contributed by atoms with E-state index < -0.39 is 0 Å². The van der Waals surface area contributed by atoms with E-state index in [9.17, 15) is 4.39 Å². The molecule has 4 nitrogen and oxygen atoms in total. The van der Waals surface area contributed by atoms with Crippen molar-refractivity contribution in [3.8, 4) is 0 Å². The van der Waals surface area contributed by atoms with Crippen LogP contribution in [0.15, 0.2) is 24.3 Å². The highest BCUT2D eigenvalue weighted by molar-refractivity contribution is 7.05. The molecule has 0 saturated heterocycles. The SMILES string of the molecule is CC(C)c1nnsc1C(Cc1ccccc1F)NN. The van der Waals surface area contributed by atoms with E-state index >= 15 is 0 Å². The monoisotopic (exact) mass is 280 g/mol. The number of halogens is 1. The van der Waals surface area contributed by atoms with Crippen molar-refractivity contribution >= 4 is 11.5 Å². The fourth-order valence-corrected chi connectivity index (χ4v) is 2.82. The molecule has 3 N–H and O–H groups in total. The first-order chi connectivity index (χ1) is 9.13. The van der Waals surface area contributed by atoms with Crippen molar-refractivity contribution in [3.63, 3.8) is 0 Å². The number of rotatable bonds is 5. The lowest BCUT2D eigenvalue weighted by Gasteiger charge is -2.16. The highest BCUT2D eigenvalue weighted by Crippen LogP contribution is 2.28. The van der Waals surface area contributed by atoms with E-state index in [2.05, 4.69) is 28.9 Å². The predicted octanol–water partition coefficient (Wildman–Crippen LogP) is 2.55. The molecule has 0 fully saturated rings. The average molecular weight is 280 g/mol. The van der Waals surface area contributed by atoms with Crippen LogP contribution in [0.5, 0.6) is 0 Å². The van der Waals surface area contributed by atoms with Gasteiger partial charge in [-0.25, -0.2) is 4.39 Å². The minimum absolute atomic E-state index is 0.172. The zero-order valence-electron chi connectivity index (χ0n) is 10.9. The largest absolute Gasteiger partial charge is 0.271 e. The van der Waals surface area contributed by atoms with Crippen LogP contribution in [0, 0.1) is 5.82 Å². The highest BCUT2D eigenvalue weighted by atomic mass is 32.1. The fourth-order valence-electron chi connectivity index (χ4n) is 1.96. The average Bonchev–Trinajstić information content (AvgIpc) is 2.87. The molecule has 1 heterocycles. The number of hydrogen-bond acceptors (Lipinski definition) is 5. The molecule has 1 aromatic carbocycles. The third-order valence-electron chi connectivity index (χ3n) is 2.99. The number of nitrogens with two attached hydrogens (primary N) is 1. The molecule has 2 rings (SSSR count). The first-order valence-corrected chi connectivity index (χ1v) is 6.92. The Bertz CT molecular complexity index is 541. The summed E-state index contributed by atoms with van der Waals surface area (Å²) in [5.41, 5.74) is 4.29. The Morgan fingerprint density at radius 2 is 2.11 bits per heavy atom. The molecule has 19 heavy (non-hydrogen) atoms. The van der Waals surface area contributed by atoms with Gasteiger partial charge in [-0.05, 0) is 35.5 Å². The molecule has 1 atom stereocenters. The standard InChI is InChI=1S/C13H17FN4S/c1-8(2)12-13(19-18-17-12)11(16-15)7-9-5-3-4-6-10(9)14/h3-6,8,11,16H,7,15H2,1-2H3. The molecule has 0 bridgehead atoms. The van der Waals surface area contributed by atoms with Gasteiger partial charge in [0.2, 0.25) is 0 Å². The van der Waals surface area contributed by atoms with Crippen molar-refractivity contribution in [2.75, 3.05) is 0 Å². The van der Waals surface area contributed by atoms with Crippen molar-refractivity contribution in [2.45, 2.75) is 32.2 Å². The minimum Gasteiger partial charge on any atom is -0.271 e. The van der Waals surface area contributed by atoms with E-state index in [1.807, 2.05) is 6.07 Å². The van der Waals surface area contributed by atoms with E-state index in [1.165, 1.54) is 17.6 Å². The summed E-state index contributed by atoms with van der Waals surface area (Å²) < 4.78 is 17.7. The van der Waals surface area contributed by atoms with Gasteiger partial charge in [0, 0.05) is 0 Å². The summed E-state index contributed by atoms with van der Waals surface area (Å²) in [5, 5.41) is 4.13. The van der Waals surface area contributed by atoms with Crippen molar-refractivity contribution in [1.29, 1.82) is 0 Å². The Morgan fingerprint density at radius 3 is 2.74 bits per heavy atom. The van der Waals surface area contributed by atoms with Crippen LogP contribution in [0.2, 0.25) is 0 Å². The second-order valence-electron chi connectivity index (χ2n) is 4.69. The van der Waals surface area contributed by atoms with Gasteiger partial charge < -0.3 is 0 Å². The second-order valence-corrected chi connectivity index (χ2v) is 5.48. The Kier molecular flexibility index (Phi) is 4.57. The smallest absolute Gasteiger partial charge is 0.126 e. The summed E-state index contributed by atoms with van der Waals surface area (Å²) in [6.07, 6.45) is 0.479. The maximum absolute atomic E-state index is 13.7. The molecule has 102 valence electrons. The first-order valence-electron chi connectivity index (χ1n) is 6.15. The van der Waals surface area contributed by atoms with Gasteiger partial charge in [-0.2, -0.15) is 0 Å². The first kappa shape index (κ1) is 14.0. The van der Waals surface area contributed by atoms with Gasteiger partial charge in [0.1, 0.15) is 5.82 Å². The van der Waals surface area contributed by atoms with E-state index in [-0.39, 0.29) is 17.8 Å². The Balaban J connectivity index is 2.26. The van der Waals surface area contributed by atoms with Gasteiger partial charge in [0.25, 0.3) is 0 Å². The van der Waals surface area contributed by atoms with Crippen molar-refractivity contribution in [2.24, 2.45) is 5.84 Å². The number of hydrazine groups is 1. The van der Waals surface area contributed by atoms with Crippen molar-refractivity contribution in [1.82, 2.24) is 15.0 Å². The van der Waals surface area contributed by atoms with Gasteiger partial charge >= 0.3 is 0 Å². The Morgan fingerprint density at radius 1 is 1.37 bits per heavy atom. The maximum atomic E-state index is 13.7. The summed E-state index contributed by atoms with van der Waals surface area (Å²) in [6.45, 7) is 4.10. The van der Waals surface area contributed by atoms with Crippen LogP contribution in [-0.4, -0.2) is 9.59 Å². The predicted molar refractivity (Wildman–Crippen MR) is 74.2 cm³/mol. The lowest BCUT2D eigenvalue weighted by molar-refractivity contribution is 0.529. The topological polar surface area (TPSA) is 63.8 Å². The van der Waals surface area contributed by atoms with Crippen LogP contribution < -0.4 is 11.3 Å². The molecule has 1 unspecified atom stereocenters. The zero-order valence-corrected chi connectivity index (χ0v) is 11.7. The second kappa shape index (κ2) is 6.18. The molecule has 0 radical (unpaired) electrons. The summed E-state index contributed by atoms with van der Waals surface area (Å²) in [5.74, 6) is 5.66. The van der Waals surface area contributed by atoms with Gasteiger partial charge in [-0.1, -0.05) is 36.5 Å². The molecule has 0 aliphatic carbocycles. The molecule has 0 aliphatic heterocycles. The van der Waals surface area contributed by atoms with Gasteiger partial charge in [0.15, 0.2) is 0 Å². The van der Waals surface area contributed by atoms with E-state index in [0.29, 0.717) is 12.0 Å². The van der Waals surface area contributed by atoms with Gasteiger partial charge in [0.05, 0.1) is 16.6 Å². The number of benzene rings is 1. The lowest BCUT2D eigenvalue weighted by Crippen LogP contribution is -2.30. The van der Waals surface area contributed by atoms with E-state index in [1.54, 1.807) is 12.1 Å². The molecule has 2 aromatic rings. The molecule has 0 amide bonds. The molecular formula is C13H17FN4S. The van der Waals surface area contributed by atoms with Crippen LogP contribution in [0.1, 0.15) is 41.9 Å². The quantitative estimate of drug-likeness (QED) is 0.652. The molecule has 0 saturated carbocycles. The lowest BCUT2D eigenvalue weighted by atomic mass is 10.0. The maximum Gasteiger partial charge on any atom is 0.126 e. The molecule has 1 aromatic heterocycles. The Hall–Kier alpha value is -1.37. The molecule has 0 aliphatic rings. The molecular weight excluding hydrogens is 263 g/mol. The van der Waals surface area contributed by atoms with Crippen LogP contribution >= 0.6 is 11.5 Å². The van der Waals surface area contributed by atoms with E-state index in [0.717, 1.165) is 10.6 Å². The van der Waals surface area contributed by atoms with Crippen LogP contribution in [0.3, 0.4) is 0 Å². The summed E-state index contributed by atoms with van der Waals surface area (Å²) in [7, 11) is 0. The highest BCUT2D eigenvalue weighted by Gasteiger charge is 2.21. The number of hydrogen-bond donors (Lipinski definition) is 2. The third kappa shape index (κ3) is 3.15. The zero-order chi connectivity index (χ0) is 13.8. The fraction of sp³-hybridized carbons (Fsp3) is 0.385. The number of nitrogens with zero attached hydrogens (tertiary/aromatic N) is 2. The van der Waals surface area contributed by atoms with Crippen LogP contribution in [-0.2, 0) is 6.42 Å². The van der Waals surface area contributed by atoms with Gasteiger partial charge in [-0.15, -0.1) is 5.10 Å². The normalized spacial score (nSPS) is 12.9. The van der Waals surface area contributed by atoms with Gasteiger partial charge in [-0.3, -0.25) is 11.3 Å². The van der Waals surface area contributed by atoms with Crippen LogP contribution in [0.4, 0.5) is 4.39 Å².